The minimum absolute atomic E-state index is 0.188. The topological polar surface area (TPSA) is 57.6 Å². The van der Waals surface area contributed by atoms with E-state index in [4.69, 9.17) is 16.7 Å². The van der Waals surface area contributed by atoms with Crippen LogP contribution in [0.1, 0.15) is 29.8 Å². The third kappa shape index (κ3) is 3.23. The molecule has 0 aliphatic rings. The molecular weight excluding hydrogens is 254 g/mol. The number of carboxylic acids is 1. The molecule has 1 rings (SSSR count). The fourth-order valence-electron chi connectivity index (χ4n) is 1.63. The molecule has 0 saturated heterocycles. The van der Waals surface area contributed by atoms with Gasteiger partial charge in [-0.1, -0.05) is 17.7 Å². The quantitative estimate of drug-likeness (QED) is 0.914. The van der Waals surface area contributed by atoms with Gasteiger partial charge in [-0.05, 0) is 38.5 Å². The molecule has 0 heterocycles. The number of hydrogen-bond acceptors (Lipinski definition) is 2. The van der Waals surface area contributed by atoms with Crippen LogP contribution in [0.4, 0.5) is 0 Å². The van der Waals surface area contributed by atoms with E-state index in [9.17, 15) is 9.59 Å². The summed E-state index contributed by atoms with van der Waals surface area (Å²) in [7, 11) is 0. The summed E-state index contributed by atoms with van der Waals surface area (Å²) in [5.74, 6) is -1.34. The van der Waals surface area contributed by atoms with E-state index < -0.39 is 5.97 Å². The second-order valence-electron chi connectivity index (χ2n) is 4.33. The van der Waals surface area contributed by atoms with Crippen LogP contribution in [0, 0.1) is 6.92 Å². The number of benzene rings is 1. The standard InChI is InChI=1S/C13H16ClNO3/c1-8(2)15(7-12(16)17)13(18)10-5-4-6-11(14)9(10)3/h4-6,8H,7H2,1-3H3,(H,16,17). The van der Waals surface area contributed by atoms with Crippen LogP contribution < -0.4 is 0 Å². The SMILES string of the molecule is Cc1c(Cl)cccc1C(=O)N(CC(=O)O)C(C)C. The number of rotatable bonds is 4. The van der Waals surface area contributed by atoms with Crippen LogP contribution >= 0.6 is 11.6 Å². The smallest absolute Gasteiger partial charge is 0.323 e. The Balaban J connectivity index is 3.10. The second-order valence-corrected chi connectivity index (χ2v) is 4.74. The maximum absolute atomic E-state index is 12.3. The number of nitrogens with zero attached hydrogens (tertiary/aromatic N) is 1. The first-order valence-electron chi connectivity index (χ1n) is 5.62. The third-order valence-corrected chi connectivity index (χ3v) is 3.10. The largest absolute Gasteiger partial charge is 0.480 e. The molecule has 0 aliphatic carbocycles. The Morgan fingerprint density at radius 2 is 2.00 bits per heavy atom. The molecular formula is C13H16ClNO3. The number of carboxylic acid groups (broad SMARTS) is 1. The Morgan fingerprint density at radius 1 is 1.39 bits per heavy atom. The molecule has 4 nitrogen and oxygen atoms in total. The van der Waals surface area contributed by atoms with E-state index in [1.165, 1.54) is 4.90 Å². The summed E-state index contributed by atoms with van der Waals surface area (Å²) in [4.78, 5) is 24.4. The summed E-state index contributed by atoms with van der Waals surface area (Å²) in [5.41, 5.74) is 1.11. The molecule has 1 amide bonds. The number of aliphatic carboxylic acids is 1. The van der Waals surface area contributed by atoms with Gasteiger partial charge in [0.25, 0.3) is 5.91 Å². The summed E-state index contributed by atoms with van der Waals surface area (Å²) in [6.07, 6.45) is 0. The minimum Gasteiger partial charge on any atom is -0.480 e. The average Bonchev–Trinajstić information content (AvgIpc) is 2.28. The fourth-order valence-corrected chi connectivity index (χ4v) is 1.80. The lowest BCUT2D eigenvalue weighted by Crippen LogP contribution is -2.40. The van der Waals surface area contributed by atoms with Gasteiger partial charge in [0.15, 0.2) is 0 Å². The second kappa shape index (κ2) is 5.87. The van der Waals surface area contributed by atoms with Crippen LogP contribution in [0.5, 0.6) is 0 Å². The molecule has 18 heavy (non-hydrogen) atoms. The molecule has 0 bridgehead atoms. The summed E-state index contributed by atoms with van der Waals surface area (Å²) in [6.45, 7) is 4.98. The highest BCUT2D eigenvalue weighted by atomic mass is 35.5. The molecule has 0 fully saturated rings. The van der Waals surface area contributed by atoms with Gasteiger partial charge in [0.1, 0.15) is 6.54 Å². The summed E-state index contributed by atoms with van der Waals surface area (Å²) in [5, 5.41) is 9.33. The first-order valence-corrected chi connectivity index (χ1v) is 6.00. The number of amides is 1. The highest BCUT2D eigenvalue weighted by Crippen LogP contribution is 2.20. The van der Waals surface area contributed by atoms with Crippen molar-refractivity contribution in [2.24, 2.45) is 0 Å². The van der Waals surface area contributed by atoms with Crippen LogP contribution in [-0.4, -0.2) is 34.5 Å². The lowest BCUT2D eigenvalue weighted by Gasteiger charge is -2.25. The molecule has 1 aromatic rings. The van der Waals surface area contributed by atoms with Crippen molar-refractivity contribution < 1.29 is 14.7 Å². The molecule has 0 aromatic heterocycles. The summed E-state index contributed by atoms with van der Waals surface area (Å²) < 4.78 is 0. The van der Waals surface area contributed by atoms with E-state index in [0.717, 1.165) is 0 Å². The Labute approximate surface area is 111 Å². The van der Waals surface area contributed by atoms with E-state index in [1.54, 1.807) is 39.0 Å². The van der Waals surface area contributed by atoms with Gasteiger partial charge in [-0.2, -0.15) is 0 Å². The molecule has 98 valence electrons. The number of carbonyl (C=O) groups excluding carboxylic acids is 1. The molecule has 0 aliphatic heterocycles. The molecule has 0 spiro atoms. The maximum Gasteiger partial charge on any atom is 0.323 e. The van der Waals surface area contributed by atoms with Crippen molar-refractivity contribution in [1.29, 1.82) is 0 Å². The first-order chi connectivity index (χ1) is 8.34. The Hall–Kier alpha value is -1.55. The van der Waals surface area contributed by atoms with Gasteiger partial charge in [0, 0.05) is 16.6 Å². The lowest BCUT2D eigenvalue weighted by molar-refractivity contribution is -0.138. The van der Waals surface area contributed by atoms with E-state index in [-0.39, 0.29) is 18.5 Å². The van der Waals surface area contributed by atoms with Crippen molar-refractivity contribution in [1.82, 2.24) is 4.90 Å². The van der Waals surface area contributed by atoms with E-state index in [0.29, 0.717) is 16.1 Å². The zero-order valence-electron chi connectivity index (χ0n) is 10.6. The summed E-state index contributed by atoms with van der Waals surface area (Å²) in [6, 6.07) is 4.85. The zero-order valence-corrected chi connectivity index (χ0v) is 11.4. The monoisotopic (exact) mass is 269 g/mol. The summed E-state index contributed by atoms with van der Waals surface area (Å²) >= 11 is 5.96. The van der Waals surface area contributed by atoms with Crippen molar-refractivity contribution in [2.75, 3.05) is 6.54 Å². The predicted molar refractivity (Wildman–Crippen MR) is 70.0 cm³/mol. The van der Waals surface area contributed by atoms with Crippen LogP contribution in [0.25, 0.3) is 0 Å². The van der Waals surface area contributed by atoms with E-state index in [2.05, 4.69) is 0 Å². The Bertz CT molecular complexity index is 471. The van der Waals surface area contributed by atoms with Gasteiger partial charge in [-0.3, -0.25) is 9.59 Å². The van der Waals surface area contributed by atoms with E-state index in [1.807, 2.05) is 0 Å². The van der Waals surface area contributed by atoms with Crippen molar-refractivity contribution in [3.05, 3.63) is 34.3 Å². The van der Waals surface area contributed by atoms with Gasteiger partial charge in [0.2, 0.25) is 0 Å². The van der Waals surface area contributed by atoms with Gasteiger partial charge in [-0.25, -0.2) is 0 Å². The first kappa shape index (κ1) is 14.5. The predicted octanol–water partition coefficient (Wildman–Crippen LogP) is 2.58. The normalized spacial score (nSPS) is 10.5. The number of halogens is 1. The fraction of sp³-hybridized carbons (Fsp3) is 0.385. The van der Waals surface area contributed by atoms with Crippen molar-refractivity contribution >= 4 is 23.5 Å². The van der Waals surface area contributed by atoms with Crippen LogP contribution in [0.3, 0.4) is 0 Å². The molecule has 1 aromatic carbocycles. The number of carbonyl (C=O) groups is 2. The molecule has 0 radical (unpaired) electrons. The van der Waals surface area contributed by atoms with Gasteiger partial charge >= 0.3 is 5.97 Å². The molecule has 0 unspecified atom stereocenters. The zero-order chi connectivity index (χ0) is 13.9. The number of hydrogen-bond donors (Lipinski definition) is 1. The van der Waals surface area contributed by atoms with Crippen molar-refractivity contribution in [2.45, 2.75) is 26.8 Å². The van der Waals surface area contributed by atoms with Crippen LogP contribution in [-0.2, 0) is 4.79 Å². The molecule has 1 N–H and O–H groups in total. The Morgan fingerprint density at radius 3 is 2.50 bits per heavy atom. The lowest BCUT2D eigenvalue weighted by atomic mass is 10.1. The average molecular weight is 270 g/mol. The van der Waals surface area contributed by atoms with E-state index >= 15 is 0 Å². The molecule has 5 heteroatoms. The Kier molecular flexibility index (Phi) is 4.73. The van der Waals surface area contributed by atoms with Crippen molar-refractivity contribution in [3.63, 3.8) is 0 Å². The highest BCUT2D eigenvalue weighted by molar-refractivity contribution is 6.31. The van der Waals surface area contributed by atoms with Gasteiger partial charge < -0.3 is 10.0 Å². The molecule has 0 atom stereocenters. The maximum atomic E-state index is 12.3. The van der Waals surface area contributed by atoms with Gasteiger partial charge in [-0.15, -0.1) is 0 Å². The van der Waals surface area contributed by atoms with Gasteiger partial charge in [0.05, 0.1) is 0 Å². The van der Waals surface area contributed by atoms with Crippen LogP contribution in [0.2, 0.25) is 5.02 Å². The molecule has 0 saturated carbocycles. The minimum atomic E-state index is -1.03. The highest BCUT2D eigenvalue weighted by Gasteiger charge is 2.22. The van der Waals surface area contributed by atoms with Crippen molar-refractivity contribution in [3.8, 4) is 0 Å². The van der Waals surface area contributed by atoms with Crippen LogP contribution in [0.15, 0.2) is 18.2 Å². The third-order valence-electron chi connectivity index (χ3n) is 2.69.